The third kappa shape index (κ3) is 3.06. The molecule has 1 heterocycles. The maximum Gasteiger partial charge on any atom is 0.178 e. The number of halogens is 1. The molecule has 2 rings (SSSR count). The topological polar surface area (TPSA) is 20.7 Å². The lowest BCUT2D eigenvalue weighted by molar-refractivity contribution is 0.478. The molecule has 1 aromatic heterocycles. The number of aromatic nitrogens is 2. The maximum atomic E-state index is 13.7. The molecule has 0 radical (unpaired) electrons. The van der Waals surface area contributed by atoms with Crippen LogP contribution in [0.5, 0.6) is 0 Å². The molecule has 4 heteroatoms. The zero-order valence-corrected chi connectivity index (χ0v) is 12.4. The van der Waals surface area contributed by atoms with Crippen LogP contribution in [0.15, 0.2) is 18.2 Å². The van der Waals surface area contributed by atoms with E-state index >= 15 is 0 Å². The number of nitrogens with zero attached hydrogens (tertiary/aromatic N) is 1. The van der Waals surface area contributed by atoms with Crippen LogP contribution in [0.1, 0.15) is 52.0 Å². The smallest absolute Gasteiger partial charge is 0.178 e. The number of unbranched alkanes of at least 4 members (excludes halogenated alkanes) is 3. The van der Waals surface area contributed by atoms with Crippen LogP contribution in [-0.4, -0.2) is 9.55 Å². The molecular weight excluding hydrogens is 259 g/mol. The molecule has 1 N–H and O–H groups in total. The van der Waals surface area contributed by atoms with Crippen LogP contribution in [0.3, 0.4) is 0 Å². The molecule has 1 atom stereocenters. The number of imidazole rings is 1. The first-order chi connectivity index (χ1) is 9.15. The zero-order valence-electron chi connectivity index (χ0n) is 11.6. The quantitative estimate of drug-likeness (QED) is 0.557. The number of rotatable bonds is 6. The lowest BCUT2D eigenvalue weighted by Crippen LogP contribution is -2.05. The van der Waals surface area contributed by atoms with E-state index in [-0.39, 0.29) is 5.82 Å². The largest absolute Gasteiger partial charge is 0.328 e. The van der Waals surface area contributed by atoms with Gasteiger partial charge in [-0.25, -0.2) is 4.39 Å². The second-order valence-corrected chi connectivity index (χ2v) is 5.52. The minimum atomic E-state index is -0.236. The van der Waals surface area contributed by atoms with Gasteiger partial charge in [0.25, 0.3) is 0 Å². The van der Waals surface area contributed by atoms with Gasteiger partial charge in [0.2, 0.25) is 0 Å². The SMILES string of the molecule is CCCCCCC(C)n1c(=S)[nH]c2c(F)cccc21. The van der Waals surface area contributed by atoms with Crippen molar-refractivity contribution in [1.82, 2.24) is 9.55 Å². The third-order valence-corrected chi connectivity index (χ3v) is 3.92. The highest BCUT2D eigenvalue weighted by Crippen LogP contribution is 2.24. The molecule has 2 nitrogen and oxygen atoms in total. The minimum absolute atomic E-state index is 0.236. The molecule has 0 aliphatic carbocycles. The number of H-pyrrole nitrogens is 1. The summed E-state index contributed by atoms with van der Waals surface area (Å²) in [6.45, 7) is 4.36. The molecule has 1 aromatic carbocycles. The number of nitrogens with one attached hydrogen (secondary N) is 1. The van der Waals surface area contributed by atoms with Gasteiger partial charge in [0.1, 0.15) is 11.3 Å². The van der Waals surface area contributed by atoms with E-state index in [1.54, 1.807) is 6.07 Å². The van der Waals surface area contributed by atoms with Gasteiger partial charge in [-0.1, -0.05) is 38.7 Å². The Morgan fingerprint density at radius 2 is 2.11 bits per heavy atom. The van der Waals surface area contributed by atoms with Crippen LogP contribution in [0, 0.1) is 10.6 Å². The van der Waals surface area contributed by atoms with Gasteiger partial charge in [0, 0.05) is 6.04 Å². The lowest BCUT2D eigenvalue weighted by atomic mass is 10.1. The standard InChI is InChI=1S/C15H21FN2S/c1-3-4-5-6-8-11(2)18-13-10-7-9-12(16)14(13)17-15(18)19/h7,9-11H,3-6,8H2,1-2H3,(H,17,19). The summed E-state index contributed by atoms with van der Waals surface area (Å²) in [5.74, 6) is -0.236. The van der Waals surface area contributed by atoms with Crippen LogP contribution < -0.4 is 0 Å². The van der Waals surface area contributed by atoms with Crippen LogP contribution in [0.25, 0.3) is 11.0 Å². The van der Waals surface area contributed by atoms with Crippen molar-refractivity contribution >= 4 is 23.3 Å². The summed E-state index contributed by atoms with van der Waals surface area (Å²) in [4.78, 5) is 2.98. The number of fused-ring (bicyclic) bond motifs is 1. The van der Waals surface area contributed by atoms with Gasteiger partial charge in [0.05, 0.1) is 5.52 Å². The second kappa shape index (κ2) is 6.33. The summed E-state index contributed by atoms with van der Waals surface area (Å²) in [7, 11) is 0. The number of para-hydroxylation sites is 1. The van der Waals surface area contributed by atoms with Crippen LogP contribution in [0.4, 0.5) is 4.39 Å². The summed E-state index contributed by atoms with van der Waals surface area (Å²) in [6.07, 6.45) is 6.05. The van der Waals surface area contributed by atoms with Gasteiger partial charge < -0.3 is 9.55 Å². The summed E-state index contributed by atoms with van der Waals surface area (Å²) in [5.41, 5.74) is 1.39. The highest BCUT2D eigenvalue weighted by molar-refractivity contribution is 7.71. The summed E-state index contributed by atoms with van der Waals surface area (Å²) in [5, 5.41) is 0. The minimum Gasteiger partial charge on any atom is -0.328 e. The van der Waals surface area contributed by atoms with Gasteiger partial charge in [-0.2, -0.15) is 0 Å². The molecule has 0 amide bonds. The fourth-order valence-corrected chi connectivity index (χ4v) is 2.93. The Bertz CT molecular complexity index is 600. The first-order valence-corrected chi connectivity index (χ1v) is 7.44. The molecule has 1 unspecified atom stereocenters. The number of aromatic amines is 1. The van der Waals surface area contributed by atoms with Crippen molar-refractivity contribution in [3.05, 3.63) is 28.8 Å². The monoisotopic (exact) mass is 280 g/mol. The zero-order chi connectivity index (χ0) is 13.8. The van der Waals surface area contributed by atoms with Crippen molar-refractivity contribution < 1.29 is 4.39 Å². The molecular formula is C15H21FN2S. The first kappa shape index (κ1) is 14.3. The van der Waals surface area contributed by atoms with E-state index in [1.165, 1.54) is 31.7 Å². The number of hydrogen-bond donors (Lipinski definition) is 1. The first-order valence-electron chi connectivity index (χ1n) is 7.04. The normalized spacial score (nSPS) is 13.0. The Labute approximate surface area is 118 Å². The third-order valence-electron chi connectivity index (χ3n) is 3.62. The van der Waals surface area contributed by atoms with Gasteiger partial charge in [-0.05, 0) is 37.7 Å². The van der Waals surface area contributed by atoms with E-state index in [9.17, 15) is 4.39 Å². The van der Waals surface area contributed by atoms with Gasteiger partial charge in [-0.3, -0.25) is 0 Å². The average Bonchev–Trinajstić information content (AvgIpc) is 2.72. The summed E-state index contributed by atoms with van der Waals surface area (Å²) in [6, 6.07) is 5.43. The molecule has 0 aliphatic rings. The molecule has 0 aliphatic heterocycles. The van der Waals surface area contributed by atoms with E-state index < -0.39 is 0 Å². The van der Waals surface area contributed by atoms with Crippen molar-refractivity contribution in [2.45, 2.75) is 52.0 Å². The van der Waals surface area contributed by atoms with E-state index in [0.717, 1.165) is 11.9 Å². The molecule has 19 heavy (non-hydrogen) atoms. The van der Waals surface area contributed by atoms with Gasteiger partial charge in [-0.15, -0.1) is 0 Å². The molecule has 0 saturated heterocycles. The van der Waals surface area contributed by atoms with E-state index in [4.69, 9.17) is 12.2 Å². The fraction of sp³-hybridized carbons (Fsp3) is 0.533. The predicted molar refractivity (Wildman–Crippen MR) is 80.6 cm³/mol. The van der Waals surface area contributed by atoms with Crippen molar-refractivity contribution in [2.75, 3.05) is 0 Å². The van der Waals surface area contributed by atoms with Crippen molar-refractivity contribution in [1.29, 1.82) is 0 Å². The highest BCUT2D eigenvalue weighted by Gasteiger charge is 2.12. The van der Waals surface area contributed by atoms with E-state index in [1.807, 2.05) is 10.6 Å². The van der Waals surface area contributed by atoms with E-state index in [2.05, 4.69) is 18.8 Å². The Morgan fingerprint density at radius 3 is 2.84 bits per heavy atom. The van der Waals surface area contributed by atoms with E-state index in [0.29, 0.717) is 16.3 Å². The van der Waals surface area contributed by atoms with Crippen molar-refractivity contribution in [3.8, 4) is 0 Å². The van der Waals surface area contributed by atoms with Crippen molar-refractivity contribution in [2.24, 2.45) is 0 Å². The molecule has 0 spiro atoms. The lowest BCUT2D eigenvalue weighted by Gasteiger charge is -2.14. The Morgan fingerprint density at radius 1 is 1.32 bits per heavy atom. The van der Waals surface area contributed by atoms with Gasteiger partial charge in [0.15, 0.2) is 4.77 Å². The number of hydrogen-bond acceptors (Lipinski definition) is 1. The Hall–Kier alpha value is -1.16. The molecule has 0 fully saturated rings. The maximum absolute atomic E-state index is 13.7. The van der Waals surface area contributed by atoms with Crippen LogP contribution in [-0.2, 0) is 0 Å². The van der Waals surface area contributed by atoms with Crippen LogP contribution in [0.2, 0.25) is 0 Å². The van der Waals surface area contributed by atoms with Gasteiger partial charge >= 0.3 is 0 Å². The number of benzene rings is 1. The molecule has 0 saturated carbocycles. The Kier molecular flexibility index (Phi) is 4.75. The molecule has 104 valence electrons. The summed E-state index contributed by atoms with van der Waals surface area (Å²) >= 11 is 5.33. The fourth-order valence-electron chi connectivity index (χ4n) is 2.55. The summed E-state index contributed by atoms with van der Waals surface area (Å²) < 4.78 is 16.4. The molecule has 2 aromatic rings. The second-order valence-electron chi connectivity index (χ2n) is 5.13. The highest BCUT2D eigenvalue weighted by atomic mass is 32.1. The Balaban J connectivity index is 2.22. The van der Waals surface area contributed by atoms with Crippen molar-refractivity contribution in [3.63, 3.8) is 0 Å². The van der Waals surface area contributed by atoms with Crippen LogP contribution >= 0.6 is 12.2 Å². The predicted octanol–water partition coefficient (Wildman–Crippen LogP) is 5.37. The average molecular weight is 280 g/mol. The molecule has 0 bridgehead atoms.